The number of piperidine rings is 1. The maximum Gasteiger partial charge on any atom is 0.253 e. The molecule has 0 spiro atoms. The molecular formula is C33H35FN4O3. The standard InChI is InChI=1S/C33H35FN4O3/c34-24-9-11-25(12-10-24)38-20-29(22-5-7-23(8-6-22)32(41)37-17-13-26(39)14-18-37)31(36-38)28-4-2-1-3-27(28)30(40)19-33(21-35)15-16-33/h5-12,20,26-28,39H,1-4,13-19H2/t27-,28-/m1/s1. The quantitative estimate of drug-likeness (QED) is 0.397. The van der Waals surface area contributed by atoms with E-state index in [1.54, 1.807) is 21.7 Å². The lowest BCUT2D eigenvalue weighted by Gasteiger charge is -2.31. The van der Waals surface area contributed by atoms with Crippen LogP contribution in [0.5, 0.6) is 0 Å². The van der Waals surface area contributed by atoms with Crippen molar-refractivity contribution < 1.29 is 19.1 Å². The van der Waals surface area contributed by atoms with Crippen molar-refractivity contribution in [3.05, 3.63) is 71.8 Å². The number of aliphatic hydroxyl groups is 1. The number of halogens is 1. The third-order valence-electron chi connectivity index (χ3n) is 9.16. The summed E-state index contributed by atoms with van der Waals surface area (Å²) in [4.78, 5) is 28.4. The minimum absolute atomic E-state index is 0.0462. The minimum Gasteiger partial charge on any atom is -0.393 e. The first-order valence-electron chi connectivity index (χ1n) is 14.7. The van der Waals surface area contributed by atoms with Crippen LogP contribution in [0, 0.1) is 28.5 Å². The first kappa shape index (κ1) is 27.3. The zero-order valence-electron chi connectivity index (χ0n) is 23.1. The van der Waals surface area contributed by atoms with E-state index in [1.165, 1.54) is 12.1 Å². The number of nitrogens with zero attached hydrogens (tertiary/aromatic N) is 4. The van der Waals surface area contributed by atoms with Crippen molar-refractivity contribution in [1.29, 1.82) is 5.26 Å². The predicted molar refractivity (Wildman–Crippen MR) is 152 cm³/mol. The second-order valence-electron chi connectivity index (χ2n) is 12.0. The van der Waals surface area contributed by atoms with Gasteiger partial charge in [0, 0.05) is 48.7 Å². The van der Waals surface area contributed by atoms with Crippen molar-refractivity contribution in [2.45, 2.75) is 69.8 Å². The van der Waals surface area contributed by atoms with E-state index in [1.807, 2.05) is 30.5 Å². The lowest BCUT2D eigenvalue weighted by molar-refractivity contribution is -0.125. The van der Waals surface area contributed by atoms with Crippen LogP contribution >= 0.6 is 0 Å². The van der Waals surface area contributed by atoms with E-state index >= 15 is 0 Å². The third-order valence-corrected chi connectivity index (χ3v) is 9.16. The van der Waals surface area contributed by atoms with Crippen molar-refractivity contribution >= 4 is 11.7 Å². The molecule has 1 aromatic heterocycles. The molecule has 1 aliphatic heterocycles. The number of ketones is 1. The van der Waals surface area contributed by atoms with Gasteiger partial charge in [-0.25, -0.2) is 9.07 Å². The molecule has 41 heavy (non-hydrogen) atoms. The summed E-state index contributed by atoms with van der Waals surface area (Å²) in [7, 11) is 0. The highest BCUT2D eigenvalue weighted by Gasteiger charge is 2.47. The summed E-state index contributed by atoms with van der Waals surface area (Å²) < 4.78 is 15.4. The number of amides is 1. The second-order valence-corrected chi connectivity index (χ2v) is 12.0. The van der Waals surface area contributed by atoms with Gasteiger partial charge in [-0.1, -0.05) is 25.0 Å². The van der Waals surface area contributed by atoms with E-state index in [-0.39, 0.29) is 35.4 Å². The van der Waals surface area contributed by atoms with Gasteiger partial charge < -0.3 is 10.0 Å². The molecular weight excluding hydrogens is 519 g/mol. The van der Waals surface area contributed by atoms with Gasteiger partial charge in [-0.15, -0.1) is 0 Å². The molecule has 2 aliphatic carbocycles. The zero-order chi connectivity index (χ0) is 28.6. The monoisotopic (exact) mass is 554 g/mol. The van der Waals surface area contributed by atoms with E-state index in [4.69, 9.17) is 5.10 Å². The van der Waals surface area contributed by atoms with Crippen LogP contribution in [0.25, 0.3) is 16.8 Å². The molecule has 212 valence electrons. The molecule has 3 fully saturated rings. The number of hydrogen-bond acceptors (Lipinski definition) is 5. The number of Topliss-reactive ketones (excluding diaryl/α,β-unsaturated/α-hetero) is 1. The number of likely N-dealkylation sites (tertiary alicyclic amines) is 1. The van der Waals surface area contributed by atoms with Gasteiger partial charge in [0.1, 0.15) is 11.6 Å². The molecule has 1 amide bonds. The van der Waals surface area contributed by atoms with Gasteiger partial charge in [0.15, 0.2) is 0 Å². The van der Waals surface area contributed by atoms with Gasteiger partial charge in [-0.3, -0.25) is 9.59 Å². The molecule has 6 rings (SSSR count). The topological polar surface area (TPSA) is 99.2 Å². The van der Waals surface area contributed by atoms with Gasteiger partial charge in [0.25, 0.3) is 5.91 Å². The maximum absolute atomic E-state index is 13.7. The summed E-state index contributed by atoms with van der Waals surface area (Å²) in [5.41, 5.74) is 3.45. The highest BCUT2D eigenvalue weighted by atomic mass is 19.1. The van der Waals surface area contributed by atoms with Crippen LogP contribution in [-0.2, 0) is 4.79 Å². The van der Waals surface area contributed by atoms with Crippen LogP contribution in [0.1, 0.15) is 79.8 Å². The first-order valence-corrected chi connectivity index (χ1v) is 14.7. The lowest BCUT2D eigenvalue weighted by atomic mass is 9.72. The average Bonchev–Trinajstić information content (AvgIpc) is 3.64. The Kier molecular flexibility index (Phi) is 7.48. The Morgan fingerprint density at radius 1 is 1.00 bits per heavy atom. The van der Waals surface area contributed by atoms with Crippen LogP contribution in [0.4, 0.5) is 4.39 Å². The fourth-order valence-electron chi connectivity index (χ4n) is 6.44. The molecule has 2 aromatic carbocycles. The van der Waals surface area contributed by atoms with Crippen LogP contribution in [0.3, 0.4) is 0 Å². The second kappa shape index (κ2) is 11.2. The fraction of sp³-hybridized carbons (Fsp3) is 0.455. The van der Waals surface area contributed by atoms with Crippen molar-refractivity contribution in [1.82, 2.24) is 14.7 Å². The highest BCUT2D eigenvalue weighted by molar-refractivity contribution is 5.95. The Balaban J connectivity index is 1.33. The Hall–Kier alpha value is -3.83. The Bertz CT molecular complexity index is 1460. The smallest absolute Gasteiger partial charge is 0.253 e. The predicted octanol–water partition coefficient (Wildman–Crippen LogP) is 5.81. The van der Waals surface area contributed by atoms with Gasteiger partial charge in [-0.05, 0) is 80.5 Å². The summed E-state index contributed by atoms with van der Waals surface area (Å²) in [6.07, 6.45) is 8.25. The summed E-state index contributed by atoms with van der Waals surface area (Å²) in [5, 5.41) is 24.4. The molecule has 3 aromatic rings. The Labute approximate surface area is 239 Å². The molecule has 0 radical (unpaired) electrons. The molecule has 3 aliphatic rings. The number of hydrogen-bond donors (Lipinski definition) is 1. The number of aromatic nitrogens is 2. The normalized spacial score (nSPS) is 22.2. The maximum atomic E-state index is 13.7. The van der Waals surface area contributed by atoms with Crippen LogP contribution in [-0.4, -0.2) is 50.7 Å². The molecule has 1 saturated heterocycles. The fourth-order valence-corrected chi connectivity index (χ4v) is 6.44. The number of carbonyl (C=O) groups is 2. The van der Waals surface area contributed by atoms with Gasteiger partial charge in [0.05, 0.1) is 29.0 Å². The molecule has 7 nitrogen and oxygen atoms in total. The molecule has 2 saturated carbocycles. The number of carbonyl (C=O) groups excluding carboxylic acids is 2. The lowest BCUT2D eigenvalue weighted by Crippen LogP contribution is -2.40. The number of benzene rings is 2. The minimum atomic E-state index is -0.482. The SMILES string of the molecule is N#CC1(CC(=O)[C@@H]2CCCC[C@H]2c2nn(-c3ccc(F)cc3)cc2-c2ccc(C(=O)N3CCC(O)CC3)cc2)CC1. The number of nitriles is 1. The molecule has 0 unspecified atom stereocenters. The van der Waals surface area contributed by atoms with Gasteiger partial charge in [-0.2, -0.15) is 10.4 Å². The first-order chi connectivity index (χ1) is 19.9. The van der Waals surface area contributed by atoms with Crippen LogP contribution in [0.2, 0.25) is 0 Å². The molecule has 0 bridgehead atoms. The molecule has 2 atom stereocenters. The molecule has 8 heteroatoms. The molecule has 1 N–H and O–H groups in total. The molecule has 2 heterocycles. The number of aliphatic hydroxyl groups excluding tert-OH is 1. The van der Waals surface area contributed by atoms with Gasteiger partial charge in [0.2, 0.25) is 0 Å². The van der Waals surface area contributed by atoms with Crippen molar-refractivity contribution in [2.75, 3.05) is 13.1 Å². The summed E-state index contributed by atoms with van der Waals surface area (Å²) in [5.74, 6) is -0.489. The largest absolute Gasteiger partial charge is 0.393 e. The zero-order valence-corrected chi connectivity index (χ0v) is 23.1. The van der Waals surface area contributed by atoms with E-state index in [2.05, 4.69) is 6.07 Å². The average molecular weight is 555 g/mol. The highest BCUT2D eigenvalue weighted by Crippen LogP contribution is 2.51. The van der Waals surface area contributed by atoms with Crippen LogP contribution < -0.4 is 0 Å². The summed E-state index contributed by atoms with van der Waals surface area (Å²) in [6.45, 7) is 1.08. The van der Waals surface area contributed by atoms with Crippen molar-refractivity contribution in [2.24, 2.45) is 11.3 Å². The van der Waals surface area contributed by atoms with E-state index in [9.17, 15) is 24.3 Å². The Morgan fingerprint density at radius 3 is 2.34 bits per heavy atom. The van der Waals surface area contributed by atoms with Crippen LogP contribution in [0.15, 0.2) is 54.7 Å². The number of rotatable bonds is 7. The van der Waals surface area contributed by atoms with E-state index in [0.29, 0.717) is 37.9 Å². The van der Waals surface area contributed by atoms with Gasteiger partial charge >= 0.3 is 0 Å². The Morgan fingerprint density at radius 2 is 1.68 bits per heavy atom. The van der Waals surface area contributed by atoms with E-state index in [0.717, 1.165) is 61.0 Å². The van der Waals surface area contributed by atoms with E-state index < -0.39 is 5.41 Å². The summed E-state index contributed by atoms with van der Waals surface area (Å²) in [6, 6.07) is 16.0. The van der Waals surface area contributed by atoms with Crippen molar-refractivity contribution in [3.8, 4) is 22.9 Å². The summed E-state index contributed by atoms with van der Waals surface area (Å²) >= 11 is 0. The van der Waals surface area contributed by atoms with Crippen molar-refractivity contribution in [3.63, 3.8) is 0 Å². The third kappa shape index (κ3) is 5.69.